The molecule has 24 heavy (non-hydrogen) atoms. The molecule has 1 heterocycles. The Morgan fingerprint density at radius 1 is 1.42 bits per heavy atom. The van der Waals surface area contributed by atoms with E-state index in [1.54, 1.807) is 0 Å². The number of nitrogens with zero attached hydrogens (tertiary/aromatic N) is 1. The average molecular weight is 321 g/mol. The molecule has 1 aliphatic heterocycles. The zero-order valence-electron chi connectivity index (χ0n) is 14.7. The second kappa shape index (κ2) is 4.60. The molecule has 3 heteroatoms. The average Bonchev–Trinajstić information content (AvgIpc) is 3.11. The quantitative estimate of drug-likeness (QED) is 0.822. The van der Waals surface area contributed by atoms with E-state index < -0.39 is 11.0 Å². The molecular formula is C21H25N2O-. The number of benzene rings is 1. The lowest BCUT2D eigenvalue weighted by Gasteiger charge is -2.51. The molecule has 0 radical (unpaired) electrons. The maximum Gasteiger partial charge on any atom is 0.234 e. The molecule has 0 saturated heterocycles. The predicted octanol–water partition coefficient (Wildman–Crippen LogP) is 4.43. The summed E-state index contributed by atoms with van der Waals surface area (Å²) in [6.45, 7) is 12.7. The van der Waals surface area contributed by atoms with Gasteiger partial charge >= 0.3 is 0 Å². The molecule has 2 aliphatic carbocycles. The maximum absolute atomic E-state index is 13.3. The number of amides is 1. The van der Waals surface area contributed by atoms with Crippen molar-refractivity contribution in [3.63, 3.8) is 0 Å². The normalized spacial score (nSPS) is 42.2. The molecule has 0 bridgehead atoms. The summed E-state index contributed by atoms with van der Waals surface area (Å²) in [5, 5.41) is 8.05. The molecule has 1 aromatic carbocycles. The van der Waals surface area contributed by atoms with Crippen molar-refractivity contribution in [1.29, 1.82) is 0 Å². The van der Waals surface area contributed by atoms with Crippen LogP contribution in [-0.2, 0) is 10.2 Å². The molecule has 4 rings (SSSR count). The maximum atomic E-state index is 13.3. The van der Waals surface area contributed by atoms with E-state index in [-0.39, 0.29) is 17.2 Å². The van der Waals surface area contributed by atoms with Crippen molar-refractivity contribution in [2.24, 2.45) is 17.3 Å². The van der Waals surface area contributed by atoms with Gasteiger partial charge in [0.2, 0.25) is 5.91 Å². The molecule has 0 aromatic heterocycles. The van der Waals surface area contributed by atoms with E-state index in [1.165, 1.54) is 0 Å². The van der Waals surface area contributed by atoms with Gasteiger partial charge in [0.15, 0.2) is 0 Å². The van der Waals surface area contributed by atoms with Crippen LogP contribution >= 0.6 is 0 Å². The lowest BCUT2D eigenvalue weighted by Crippen LogP contribution is -2.43. The largest absolute Gasteiger partial charge is 0.657 e. The number of likely N-dealkylation sites (N-methyl/N-ethyl adjacent to an activating group) is 1. The van der Waals surface area contributed by atoms with Crippen LogP contribution in [-0.4, -0.2) is 18.5 Å². The molecule has 5 unspecified atom stereocenters. The van der Waals surface area contributed by atoms with E-state index in [4.69, 9.17) is 5.32 Å². The van der Waals surface area contributed by atoms with Crippen molar-refractivity contribution in [3.05, 3.63) is 60.0 Å². The number of carbonyl (C=O) groups excluding carboxylic acids is 1. The van der Waals surface area contributed by atoms with Crippen LogP contribution in [0.5, 0.6) is 0 Å². The highest BCUT2D eigenvalue weighted by molar-refractivity contribution is 6.12. The predicted molar refractivity (Wildman–Crippen MR) is 98.1 cm³/mol. The highest BCUT2D eigenvalue weighted by atomic mass is 16.2. The van der Waals surface area contributed by atoms with E-state index in [9.17, 15) is 4.79 Å². The molecule has 5 atom stereocenters. The van der Waals surface area contributed by atoms with Crippen molar-refractivity contribution in [3.8, 4) is 0 Å². The fraction of sp³-hybridized carbons (Fsp3) is 0.476. The van der Waals surface area contributed by atoms with Gasteiger partial charge in [-0.3, -0.25) is 4.79 Å². The number of carbonyl (C=O) groups is 1. The molecule has 126 valence electrons. The molecule has 2 fully saturated rings. The molecule has 2 saturated carbocycles. The number of para-hydroxylation sites is 1. The number of allylic oxidation sites excluding steroid dienone is 1. The van der Waals surface area contributed by atoms with Gasteiger partial charge < -0.3 is 10.6 Å². The third-order valence-electron chi connectivity index (χ3n) is 7.08. The fourth-order valence-corrected chi connectivity index (χ4v) is 6.02. The summed E-state index contributed by atoms with van der Waals surface area (Å²) >= 11 is 0. The number of hydrogen-bond donors (Lipinski definition) is 1. The van der Waals surface area contributed by atoms with E-state index in [1.807, 2.05) is 31.3 Å². The van der Waals surface area contributed by atoms with Crippen LogP contribution in [0.1, 0.15) is 32.3 Å². The van der Waals surface area contributed by atoms with Gasteiger partial charge in [0, 0.05) is 5.69 Å². The van der Waals surface area contributed by atoms with Gasteiger partial charge in [-0.25, -0.2) is 0 Å². The van der Waals surface area contributed by atoms with Gasteiger partial charge in [-0.05, 0) is 48.6 Å². The molecule has 1 N–H and O–H groups in total. The first-order valence-electron chi connectivity index (χ1n) is 8.71. The number of fused-ring (bicyclic) bond motifs is 5. The minimum absolute atomic E-state index is 0.0977. The molecule has 1 amide bonds. The summed E-state index contributed by atoms with van der Waals surface area (Å²) in [7, 11) is 1.87. The van der Waals surface area contributed by atoms with E-state index in [0.717, 1.165) is 29.7 Å². The summed E-state index contributed by atoms with van der Waals surface area (Å²) < 4.78 is 0. The topological polar surface area (TPSA) is 43.2 Å². The first-order valence-corrected chi connectivity index (χ1v) is 8.71. The highest BCUT2D eigenvalue weighted by Gasteiger charge is 2.83. The number of rotatable bonds is 3. The Morgan fingerprint density at radius 3 is 2.75 bits per heavy atom. The van der Waals surface area contributed by atoms with Crippen LogP contribution in [0.25, 0.3) is 5.32 Å². The third kappa shape index (κ3) is 1.38. The minimum Gasteiger partial charge on any atom is -0.657 e. The molecule has 1 spiro atoms. The Kier molecular flexibility index (Phi) is 3.00. The van der Waals surface area contributed by atoms with Crippen molar-refractivity contribution >= 4 is 11.6 Å². The van der Waals surface area contributed by atoms with Crippen LogP contribution < -0.4 is 5.32 Å². The Labute approximate surface area is 144 Å². The van der Waals surface area contributed by atoms with Gasteiger partial charge in [-0.15, -0.1) is 6.58 Å². The number of nitrogens with one attached hydrogen (secondary N) is 1. The van der Waals surface area contributed by atoms with Crippen LogP contribution in [0.2, 0.25) is 0 Å². The van der Waals surface area contributed by atoms with Gasteiger partial charge in [0.1, 0.15) is 0 Å². The molecule has 1 aromatic rings. The molecular weight excluding hydrogens is 296 g/mol. The highest BCUT2D eigenvalue weighted by Crippen LogP contribution is 2.81. The summed E-state index contributed by atoms with van der Waals surface area (Å²) in [4.78, 5) is 13.3. The van der Waals surface area contributed by atoms with E-state index in [0.29, 0.717) is 5.92 Å². The smallest absolute Gasteiger partial charge is 0.234 e. The van der Waals surface area contributed by atoms with Crippen molar-refractivity contribution in [2.45, 2.75) is 37.6 Å². The SMILES string of the molecule is C=CC1(C)CCC(C(=C)C)C2C3(C(=O)Nc4ccccc43)C21[N-]C. The summed E-state index contributed by atoms with van der Waals surface area (Å²) in [5.41, 5.74) is 2.00. The Hall–Kier alpha value is -1.87. The molecule has 3 aliphatic rings. The zero-order chi connectivity index (χ0) is 17.3. The van der Waals surface area contributed by atoms with Crippen LogP contribution in [0.15, 0.2) is 49.1 Å². The number of hydrogen-bond acceptors (Lipinski definition) is 1. The van der Waals surface area contributed by atoms with E-state index >= 15 is 0 Å². The monoisotopic (exact) mass is 321 g/mol. The van der Waals surface area contributed by atoms with E-state index in [2.05, 4.69) is 38.4 Å². The van der Waals surface area contributed by atoms with Crippen molar-refractivity contribution < 1.29 is 4.79 Å². The van der Waals surface area contributed by atoms with Crippen LogP contribution in [0.4, 0.5) is 5.69 Å². The first kappa shape index (κ1) is 15.6. The molecule has 3 nitrogen and oxygen atoms in total. The Morgan fingerprint density at radius 2 is 2.12 bits per heavy atom. The second-order valence-electron chi connectivity index (χ2n) is 7.89. The third-order valence-corrected chi connectivity index (χ3v) is 7.08. The van der Waals surface area contributed by atoms with Gasteiger partial charge in [0.05, 0.1) is 5.41 Å². The van der Waals surface area contributed by atoms with Crippen LogP contribution in [0.3, 0.4) is 0 Å². The van der Waals surface area contributed by atoms with Crippen molar-refractivity contribution in [2.75, 3.05) is 12.4 Å². The standard InChI is InChI=1S/C21H25N2O/c1-6-19(4)12-11-14(13(2)3)17-20(21(17,19)22-5)15-9-7-8-10-16(15)23-18(20)24/h6-10,14,17H,1-2,11-12H2,3-5H3,(H,23,24)/q-1. The van der Waals surface area contributed by atoms with Gasteiger partial charge in [-0.2, -0.15) is 7.05 Å². The van der Waals surface area contributed by atoms with Crippen molar-refractivity contribution in [1.82, 2.24) is 0 Å². The lowest BCUT2D eigenvalue weighted by molar-refractivity contribution is -0.118. The summed E-state index contributed by atoms with van der Waals surface area (Å²) in [6, 6.07) is 8.09. The fourth-order valence-electron chi connectivity index (χ4n) is 6.02. The Bertz CT molecular complexity index is 769. The lowest BCUT2D eigenvalue weighted by atomic mass is 9.66. The minimum atomic E-state index is -0.582. The second-order valence-corrected chi connectivity index (χ2v) is 7.89. The summed E-state index contributed by atoms with van der Waals surface area (Å²) in [5.74, 6) is 0.576. The van der Waals surface area contributed by atoms with Crippen LogP contribution in [0, 0.1) is 17.3 Å². The zero-order valence-corrected chi connectivity index (χ0v) is 14.7. The van der Waals surface area contributed by atoms with Gasteiger partial charge in [-0.1, -0.05) is 48.9 Å². The van der Waals surface area contributed by atoms with Gasteiger partial charge in [0.25, 0.3) is 0 Å². The number of anilines is 1. The summed E-state index contributed by atoms with van der Waals surface area (Å²) in [6.07, 6.45) is 4.06. The first-order chi connectivity index (χ1) is 11.4. The Balaban J connectivity index is 2.01.